The summed E-state index contributed by atoms with van der Waals surface area (Å²) in [7, 11) is 5.83. The van der Waals surface area contributed by atoms with Crippen molar-refractivity contribution in [3.05, 3.63) is 28.2 Å². The lowest BCUT2D eigenvalue weighted by atomic mass is 9.80. The average molecular weight is 369 g/mol. The molecule has 1 fully saturated rings. The molecule has 0 saturated heterocycles. The Kier molecular flexibility index (Phi) is 5.87. The van der Waals surface area contributed by atoms with E-state index in [1.54, 1.807) is 13.2 Å². The van der Waals surface area contributed by atoms with E-state index < -0.39 is 0 Å². The van der Waals surface area contributed by atoms with Crippen LogP contribution in [0.4, 0.5) is 0 Å². The van der Waals surface area contributed by atoms with Gasteiger partial charge in [0.1, 0.15) is 5.75 Å². The lowest BCUT2D eigenvalue weighted by Crippen LogP contribution is -2.53. The second-order valence-corrected chi connectivity index (χ2v) is 7.06. The number of amides is 1. The smallest absolute Gasteiger partial charge is 0.252 e. The van der Waals surface area contributed by atoms with E-state index in [1.807, 2.05) is 12.1 Å². The fraction of sp³-hybridized carbons (Fsp3) is 0.588. The van der Waals surface area contributed by atoms with Crippen molar-refractivity contribution in [2.45, 2.75) is 37.6 Å². The lowest BCUT2D eigenvalue weighted by molar-refractivity contribution is 0.0799. The van der Waals surface area contributed by atoms with Crippen LogP contribution in [0.5, 0.6) is 5.75 Å². The molecule has 5 heteroatoms. The van der Waals surface area contributed by atoms with E-state index in [0.29, 0.717) is 17.9 Å². The van der Waals surface area contributed by atoms with Crippen molar-refractivity contribution in [1.82, 2.24) is 10.2 Å². The quantitative estimate of drug-likeness (QED) is 0.865. The number of nitrogens with one attached hydrogen (secondary N) is 1. The largest absolute Gasteiger partial charge is 0.497 e. The molecule has 0 atom stereocenters. The number of carbonyl (C=O) groups excluding carboxylic acids is 1. The summed E-state index contributed by atoms with van der Waals surface area (Å²) in [5.74, 6) is 0.630. The van der Waals surface area contributed by atoms with E-state index >= 15 is 0 Å². The highest BCUT2D eigenvalue weighted by Crippen LogP contribution is 2.32. The highest BCUT2D eigenvalue weighted by atomic mass is 79.9. The van der Waals surface area contributed by atoms with Crippen molar-refractivity contribution >= 4 is 21.8 Å². The van der Waals surface area contributed by atoms with Gasteiger partial charge in [0.25, 0.3) is 5.91 Å². The second kappa shape index (κ2) is 7.47. The first kappa shape index (κ1) is 17.3. The Morgan fingerprint density at radius 1 is 1.32 bits per heavy atom. The maximum absolute atomic E-state index is 12.5. The minimum Gasteiger partial charge on any atom is -0.497 e. The Morgan fingerprint density at radius 2 is 2.00 bits per heavy atom. The number of ether oxygens (including phenoxy) is 1. The number of hydrogen-bond acceptors (Lipinski definition) is 3. The predicted molar refractivity (Wildman–Crippen MR) is 92.5 cm³/mol. The molecule has 0 radical (unpaired) electrons. The molecular formula is C17H25BrN2O2. The van der Waals surface area contributed by atoms with Crippen LogP contribution in [0.2, 0.25) is 0 Å². The van der Waals surface area contributed by atoms with Gasteiger partial charge in [-0.05, 0) is 61.1 Å². The van der Waals surface area contributed by atoms with Crippen LogP contribution in [0.3, 0.4) is 0 Å². The number of rotatable bonds is 5. The zero-order valence-corrected chi connectivity index (χ0v) is 15.2. The van der Waals surface area contributed by atoms with Crippen LogP contribution in [0.15, 0.2) is 22.7 Å². The van der Waals surface area contributed by atoms with Crippen LogP contribution in [0.1, 0.15) is 42.5 Å². The molecule has 1 aromatic carbocycles. The van der Waals surface area contributed by atoms with Gasteiger partial charge in [0.05, 0.1) is 12.7 Å². The maximum atomic E-state index is 12.5. The minimum absolute atomic E-state index is 0.0578. The molecule has 0 bridgehead atoms. The summed E-state index contributed by atoms with van der Waals surface area (Å²) in [5, 5.41) is 3.12. The lowest BCUT2D eigenvalue weighted by Gasteiger charge is -2.43. The van der Waals surface area contributed by atoms with Crippen LogP contribution in [0.25, 0.3) is 0 Å². The first-order valence-electron chi connectivity index (χ1n) is 7.78. The minimum atomic E-state index is -0.0578. The van der Waals surface area contributed by atoms with E-state index in [2.05, 4.69) is 40.2 Å². The molecule has 1 aliphatic carbocycles. The standard InChI is InChI=1S/C17H25BrN2O2/c1-20(2)17(9-5-4-6-10-17)12-19-16(21)14-11-13(22-3)7-8-15(14)18/h7-8,11H,4-6,9-10,12H2,1-3H3,(H,19,21). The van der Waals surface area contributed by atoms with Gasteiger partial charge in [-0.15, -0.1) is 0 Å². The fourth-order valence-electron chi connectivity index (χ4n) is 3.14. The van der Waals surface area contributed by atoms with Gasteiger partial charge >= 0.3 is 0 Å². The first-order valence-corrected chi connectivity index (χ1v) is 8.57. The van der Waals surface area contributed by atoms with Crippen molar-refractivity contribution in [1.29, 1.82) is 0 Å². The molecule has 0 unspecified atom stereocenters. The van der Waals surface area contributed by atoms with Gasteiger partial charge in [-0.25, -0.2) is 0 Å². The molecule has 1 amide bonds. The zero-order chi connectivity index (χ0) is 16.2. The molecular weight excluding hydrogens is 344 g/mol. The van der Waals surface area contributed by atoms with Gasteiger partial charge in [0.2, 0.25) is 0 Å². The molecule has 4 nitrogen and oxygen atoms in total. The molecule has 0 aromatic heterocycles. The molecule has 122 valence electrons. The molecule has 1 N–H and O–H groups in total. The Labute approximate surface area is 141 Å². The number of likely N-dealkylation sites (N-methyl/N-ethyl adjacent to an activating group) is 1. The first-order chi connectivity index (χ1) is 10.5. The molecule has 22 heavy (non-hydrogen) atoms. The number of carbonyl (C=O) groups is 1. The van der Waals surface area contributed by atoms with Gasteiger partial charge in [0.15, 0.2) is 0 Å². The van der Waals surface area contributed by atoms with Crippen LogP contribution < -0.4 is 10.1 Å². The zero-order valence-electron chi connectivity index (χ0n) is 13.6. The van der Waals surface area contributed by atoms with Crippen molar-refractivity contribution < 1.29 is 9.53 Å². The summed E-state index contributed by atoms with van der Waals surface area (Å²) in [6.45, 7) is 0.683. The molecule has 0 heterocycles. The fourth-order valence-corrected chi connectivity index (χ4v) is 3.56. The summed E-state index contributed by atoms with van der Waals surface area (Å²) in [4.78, 5) is 14.8. The van der Waals surface area contributed by atoms with Crippen LogP contribution in [-0.2, 0) is 0 Å². The molecule has 0 spiro atoms. The molecule has 1 saturated carbocycles. The summed E-state index contributed by atoms with van der Waals surface area (Å²) in [6, 6.07) is 5.45. The van der Waals surface area contributed by atoms with Crippen molar-refractivity contribution in [3.8, 4) is 5.75 Å². The van der Waals surface area contributed by atoms with Crippen molar-refractivity contribution in [3.63, 3.8) is 0 Å². The van der Waals surface area contributed by atoms with Crippen LogP contribution in [0, 0.1) is 0 Å². The SMILES string of the molecule is COc1ccc(Br)c(C(=O)NCC2(N(C)C)CCCCC2)c1. The summed E-state index contributed by atoms with van der Waals surface area (Å²) >= 11 is 3.44. The van der Waals surface area contributed by atoms with Gasteiger partial charge in [-0.3, -0.25) is 4.79 Å². The van der Waals surface area contributed by atoms with Crippen LogP contribution in [-0.4, -0.2) is 44.1 Å². The number of methoxy groups -OCH3 is 1. The van der Waals surface area contributed by atoms with Crippen molar-refractivity contribution in [2.75, 3.05) is 27.7 Å². The summed E-state index contributed by atoms with van der Waals surface area (Å²) in [5.41, 5.74) is 0.697. The number of halogens is 1. The molecule has 1 aromatic rings. The van der Waals surface area contributed by atoms with E-state index in [1.165, 1.54) is 19.3 Å². The number of benzene rings is 1. The van der Waals surface area contributed by atoms with E-state index in [-0.39, 0.29) is 11.4 Å². The topological polar surface area (TPSA) is 41.6 Å². The average Bonchev–Trinajstić information content (AvgIpc) is 2.54. The normalized spacial score (nSPS) is 17.3. The highest BCUT2D eigenvalue weighted by Gasteiger charge is 2.34. The third-order valence-corrected chi connectivity index (χ3v) is 5.42. The van der Waals surface area contributed by atoms with E-state index in [0.717, 1.165) is 17.3 Å². The Balaban J connectivity index is 2.08. The van der Waals surface area contributed by atoms with Gasteiger partial charge < -0.3 is 15.0 Å². The number of nitrogens with zero attached hydrogens (tertiary/aromatic N) is 1. The predicted octanol–water partition coefficient (Wildman–Crippen LogP) is 3.45. The van der Waals surface area contributed by atoms with Gasteiger partial charge in [-0.1, -0.05) is 19.3 Å². The highest BCUT2D eigenvalue weighted by molar-refractivity contribution is 9.10. The van der Waals surface area contributed by atoms with Gasteiger partial charge in [-0.2, -0.15) is 0 Å². The second-order valence-electron chi connectivity index (χ2n) is 6.21. The van der Waals surface area contributed by atoms with E-state index in [9.17, 15) is 4.79 Å². The summed E-state index contributed by atoms with van der Waals surface area (Å²) < 4.78 is 5.99. The van der Waals surface area contributed by atoms with E-state index in [4.69, 9.17) is 4.74 Å². The van der Waals surface area contributed by atoms with Crippen LogP contribution >= 0.6 is 15.9 Å². The Morgan fingerprint density at radius 3 is 2.59 bits per heavy atom. The number of hydrogen-bond donors (Lipinski definition) is 1. The third-order valence-electron chi connectivity index (χ3n) is 4.73. The van der Waals surface area contributed by atoms with Gasteiger partial charge in [0, 0.05) is 16.6 Å². The van der Waals surface area contributed by atoms with Crippen molar-refractivity contribution in [2.24, 2.45) is 0 Å². The summed E-state index contributed by atoms with van der Waals surface area (Å²) in [6.07, 6.45) is 6.04. The maximum Gasteiger partial charge on any atom is 0.252 e. The third kappa shape index (κ3) is 3.82. The Hall–Kier alpha value is -1.07. The monoisotopic (exact) mass is 368 g/mol. The molecule has 0 aliphatic heterocycles. The molecule has 1 aliphatic rings. The Bertz CT molecular complexity index is 525. The molecule has 2 rings (SSSR count).